The molecular formula is C69H48N2O. The van der Waals surface area contributed by atoms with Crippen LogP contribution in [-0.4, -0.2) is 0 Å². The average Bonchev–Trinajstić information content (AvgIpc) is 3.83. The maximum atomic E-state index is 6.76. The normalized spacial score (nSPS) is 12.7. The number of anilines is 6. The van der Waals surface area contributed by atoms with Crippen LogP contribution in [0.3, 0.4) is 0 Å². The zero-order chi connectivity index (χ0) is 47.9. The Balaban J connectivity index is 0.952. The minimum Gasteiger partial charge on any atom is -0.454 e. The van der Waals surface area contributed by atoms with Crippen molar-refractivity contribution >= 4 is 88.4 Å². The van der Waals surface area contributed by atoms with Crippen LogP contribution in [0.4, 0.5) is 34.1 Å². The van der Waals surface area contributed by atoms with Gasteiger partial charge in [0.2, 0.25) is 0 Å². The van der Waals surface area contributed by atoms with Gasteiger partial charge in [0.15, 0.2) is 5.58 Å². The van der Waals surface area contributed by atoms with Gasteiger partial charge in [0.05, 0.1) is 11.4 Å². The summed E-state index contributed by atoms with van der Waals surface area (Å²) in [5.41, 5.74) is 17.8. The van der Waals surface area contributed by atoms with Gasteiger partial charge in [0, 0.05) is 44.3 Å². The van der Waals surface area contributed by atoms with E-state index in [0.717, 1.165) is 56.1 Å². The van der Waals surface area contributed by atoms with Crippen molar-refractivity contribution in [3.05, 3.63) is 266 Å². The molecule has 13 aromatic rings. The lowest BCUT2D eigenvalue weighted by atomic mass is 9.68. The monoisotopic (exact) mass is 920 g/mol. The van der Waals surface area contributed by atoms with E-state index in [9.17, 15) is 0 Å². The second-order valence-corrected chi connectivity index (χ2v) is 19.7. The largest absolute Gasteiger partial charge is 0.454 e. The lowest BCUT2D eigenvalue weighted by Crippen LogP contribution is -2.24. The molecule has 3 nitrogen and oxygen atoms in total. The first-order valence-electron chi connectivity index (χ1n) is 24.9. The maximum absolute atomic E-state index is 6.76. The number of hydrogen-bond donors (Lipinski definition) is 0. The van der Waals surface area contributed by atoms with E-state index in [4.69, 9.17) is 4.42 Å². The van der Waals surface area contributed by atoms with Crippen LogP contribution >= 0.6 is 0 Å². The van der Waals surface area contributed by atoms with Gasteiger partial charge in [-0.2, -0.15) is 0 Å². The highest BCUT2D eigenvalue weighted by Crippen LogP contribution is 2.53. The molecule has 12 aromatic carbocycles. The fourth-order valence-corrected chi connectivity index (χ4v) is 11.7. The Kier molecular flexibility index (Phi) is 9.56. The SMILES string of the molecule is CC1(C)c2cc(N(c3ccccc3)c3cc(-c4ccccc4)cc(-c4ccccc4)c3)ccc2-c2cc3ccc(N(c4cccc5ccccc45)c4cccc5c4oc4ccccc45)cc3c3cccc1c23. The summed E-state index contributed by atoms with van der Waals surface area (Å²) >= 11 is 0. The molecule has 0 aliphatic heterocycles. The maximum Gasteiger partial charge on any atom is 0.159 e. The van der Waals surface area contributed by atoms with Crippen LogP contribution in [0.1, 0.15) is 25.0 Å². The summed E-state index contributed by atoms with van der Waals surface area (Å²) in [5, 5.41) is 9.56. The number of benzene rings is 12. The average molecular weight is 921 g/mol. The molecule has 1 aromatic heterocycles. The lowest BCUT2D eigenvalue weighted by Gasteiger charge is -2.37. The molecule has 0 atom stereocenters. The molecule has 0 saturated carbocycles. The molecule has 0 fully saturated rings. The Bertz CT molecular complexity index is 4190. The first-order valence-corrected chi connectivity index (χ1v) is 24.9. The summed E-state index contributed by atoms with van der Waals surface area (Å²) in [6, 6.07) is 93.0. The molecule has 0 spiro atoms. The van der Waals surface area contributed by atoms with E-state index in [-0.39, 0.29) is 5.41 Å². The van der Waals surface area contributed by atoms with E-state index in [1.807, 2.05) is 6.07 Å². The fourth-order valence-electron chi connectivity index (χ4n) is 11.7. The van der Waals surface area contributed by atoms with Gasteiger partial charge in [0.1, 0.15) is 5.58 Å². The third-order valence-corrected chi connectivity index (χ3v) is 15.2. The second kappa shape index (κ2) is 16.5. The van der Waals surface area contributed by atoms with Crippen molar-refractivity contribution in [3.8, 4) is 33.4 Å². The first-order chi connectivity index (χ1) is 35.5. The number of rotatable bonds is 8. The number of hydrogen-bond acceptors (Lipinski definition) is 3. The Hall–Kier alpha value is -9.18. The minimum atomic E-state index is -0.321. The van der Waals surface area contributed by atoms with Crippen molar-refractivity contribution in [2.45, 2.75) is 19.3 Å². The molecule has 72 heavy (non-hydrogen) atoms. The fraction of sp³-hybridized carbons (Fsp3) is 0.0435. The van der Waals surface area contributed by atoms with E-state index in [1.165, 1.54) is 76.8 Å². The van der Waals surface area contributed by atoms with Gasteiger partial charge in [-0.05, 0) is 150 Å². The summed E-state index contributed by atoms with van der Waals surface area (Å²) in [5.74, 6) is 0. The van der Waals surface area contributed by atoms with E-state index in [0.29, 0.717) is 0 Å². The standard InChI is InChI=1S/C69H48N2O/c1-69(2)62-31-17-29-58-60-43-52(71(64-32-16-24-47-23-12-13-27-55(47)64)65-33-18-30-59-57-28-14-15-34-66(57)72-68(59)65)36-35-48(60)42-61(67(58)62)56-38-37-53(44-63(56)69)70(51-25-10-5-11-26-51)54-40-49(45-19-6-3-7-20-45)39-50(41-54)46-21-8-4-9-22-46/h3-44H,1-2H3. The molecule has 1 aliphatic rings. The molecule has 0 unspecified atom stereocenters. The van der Waals surface area contributed by atoms with Crippen LogP contribution in [0, 0.1) is 0 Å². The van der Waals surface area contributed by atoms with Gasteiger partial charge in [-0.1, -0.05) is 190 Å². The van der Waals surface area contributed by atoms with Gasteiger partial charge in [-0.15, -0.1) is 0 Å². The molecule has 1 heterocycles. The molecule has 0 saturated heterocycles. The summed E-state index contributed by atoms with van der Waals surface area (Å²) in [7, 11) is 0. The van der Waals surface area contributed by atoms with Crippen LogP contribution < -0.4 is 9.80 Å². The minimum absolute atomic E-state index is 0.321. The Morgan fingerprint density at radius 2 is 0.917 bits per heavy atom. The number of fused-ring (bicyclic) bond motifs is 8. The molecule has 3 heteroatoms. The molecule has 14 rings (SSSR count). The molecular weight excluding hydrogens is 873 g/mol. The summed E-state index contributed by atoms with van der Waals surface area (Å²) in [6.07, 6.45) is 0. The molecule has 1 aliphatic carbocycles. The third-order valence-electron chi connectivity index (χ3n) is 15.2. The summed E-state index contributed by atoms with van der Waals surface area (Å²) in [6.45, 7) is 4.81. The van der Waals surface area contributed by atoms with Gasteiger partial charge in [-0.25, -0.2) is 0 Å². The molecule has 340 valence electrons. The molecule has 0 radical (unpaired) electrons. The van der Waals surface area contributed by atoms with E-state index in [2.05, 4.69) is 272 Å². The van der Waals surface area contributed by atoms with Crippen LogP contribution in [0.15, 0.2) is 259 Å². The smallest absolute Gasteiger partial charge is 0.159 e. The quantitative estimate of drug-likeness (QED) is 0.142. The Morgan fingerprint density at radius 1 is 0.319 bits per heavy atom. The lowest BCUT2D eigenvalue weighted by molar-refractivity contribution is 0.645. The van der Waals surface area contributed by atoms with Gasteiger partial charge < -0.3 is 14.2 Å². The molecule has 0 bridgehead atoms. The van der Waals surface area contributed by atoms with Crippen LogP contribution in [0.2, 0.25) is 0 Å². The van der Waals surface area contributed by atoms with E-state index < -0.39 is 0 Å². The van der Waals surface area contributed by atoms with Crippen molar-refractivity contribution in [2.75, 3.05) is 9.80 Å². The van der Waals surface area contributed by atoms with E-state index in [1.54, 1.807) is 0 Å². The topological polar surface area (TPSA) is 19.6 Å². The Morgan fingerprint density at radius 3 is 1.69 bits per heavy atom. The van der Waals surface area contributed by atoms with Gasteiger partial charge in [-0.3, -0.25) is 0 Å². The van der Waals surface area contributed by atoms with Crippen LogP contribution in [0.25, 0.3) is 87.6 Å². The van der Waals surface area contributed by atoms with Crippen LogP contribution in [-0.2, 0) is 5.41 Å². The number of para-hydroxylation sites is 3. The van der Waals surface area contributed by atoms with Crippen molar-refractivity contribution in [1.82, 2.24) is 0 Å². The number of nitrogens with zero attached hydrogens (tertiary/aromatic N) is 2. The zero-order valence-electron chi connectivity index (χ0n) is 40.1. The van der Waals surface area contributed by atoms with Crippen molar-refractivity contribution < 1.29 is 4.42 Å². The van der Waals surface area contributed by atoms with Gasteiger partial charge >= 0.3 is 0 Å². The highest BCUT2D eigenvalue weighted by Gasteiger charge is 2.35. The van der Waals surface area contributed by atoms with Gasteiger partial charge in [0.25, 0.3) is 0 Å². The first kappa shape index (κ1) is 41.8. The van der Waals surface area contributed by atoms with Crippen LogP contribution in [0.5, 0.6) is 0 Å². The van der Waals surface area contributed by atoms with Crippen molar-refractivity contribution in [1.29, 1.82) is 0 Å². The molecule has 0 amide bonds. The molecule has 0 N–H and O–H groups in total. The van der Waals surface area contributed by atoms with Crippen molar-refractivity contribution in [2.24, 2.45) is 0 Å². The summed E-state index contributed by atoms with van der Waals surface area (Å²) < 4.78 is 6.76. The third kappa shape index (κ3) is 6.66. The Labute approximate surface area is 419 Å². The predicted octanol–water partition coefficient (Wildman–Crippen LogP) is 19.6. The number of furan rings is 1. The second-order valence-electron chi connectivity index (χ2n) is 19.7. The van der Waals surface area contributed by atoms with E-state index >= 15 is 0 Å². The zero-order valence-corrected chi connectivity index (χ0v) is 40.1. The van der Waals surface area contributed by atoms with Crippen molar-refractivity contribution in [3.63, 3.8) is 0 Å². The summed E-state index contributed by atoms with van der Waals surface area (Å²) in [4.78, 5) is 4.83. The highest BCUT2D eigenvalue weighted by molar-refractivity contribution is 6.18. The highest BCUT2D eigenvalue weighted by atomic mass is 16.3. The predicted molar refractivity (Wildman–Crippen MR) is 304 cm³/mol.